The highest BCUT2D eigenvalue weighted by atomic mass is 16.5. The molecule has 0 saturated heterocycles. The lowest BCUT2D eigenvalue weighted by molar-refractivity contribution is -0.151. The van der Waals surface area contributed by atoms with Gasteiger partial charge in [-0.25, -0.2) is 0 Å². The minimum Gasteiger partial charge on any atom is -0.458 e. The van der Waals surface area contributed by atoms with Crippen LogP contribution in [0, 0.1) is 34.5 Å². The maximum atomic E-state index is 13.2. The van der Waals surface area contributed by atoms with Crippen molar-refractivity contribution in [1.29, 1.82) is 0 Å². The van der Waals surface area contributed by atoms with Crippen molar-refractivity contribution in [2.45, 2.75) is 78.1 Å². The van der Waals surface area contributed by atoms with Crippen molar-refractivity contribution in [2.75, 3.05) is 6.61 Å². The molecule has 0 radical (unpaired) electrons. The van der Waals surface area contributed by atoms with E-state index in [4.69, 9.17) is 4.74 Å². The van der Waals surface area contributed by atoms with Crippen LogP contribution in [0.1, 0.15) is 77.2 Å². The summed E-state index contributed by atoms with van der Waals surface area (Å²) >= 11 is 0. The van der Waals surface area contributed by atoms with Gasteiger partial charge in [0.2, 0.25) is 0 Å². The van der Waals surface area contributed by atoms with E-state index in [0.717, 1.165) is 50.5 Å². The zero-order valence-corrected chi connectivity index (χ0v) is 20.7. The van der Waals surface area contributed by atoms with E-state index in [1.54, 1.807) is 0 Å². The van der Waals surface area contributed by atoms with Crippen LogP contribution in [0.3, 0.4) is 0 Å². The molecule has 0 heterocycles. The zero-order valence-electron chi connectivity index (χ0n) is 20.7. The van der Waals surface area contributed by atoms with E-state index in [1.165, 1.54) is 5.57 Å². The van der Waals surface area contributed by atoms with Gasteiger partial charge < -0.3 is 4.74 Å². The minimum atomic E-state index is -0.285. The number of ether oxygens (including phenoxy) is 1. The average molecular weight is 463 g/mol. The highest BCUT2D eigenvalue weighted by Crippen LogP contribution is 2.66. The molecule has 4 heteroatoms. The molecule has 0 N–H and O–H groups in total. The molecule has 1 aromatic carbocycles. The van der Waals surface area contributed by atoms with Crippen molar-refractivity contribution < 1.29 is 19.1 Å². The van der Waals surface area contributed by atoms with Crippen LogP contribution in [0.25, 0.3) is 0 Å². The molecule has 0 aromatic heterocycles. The standard InChI is InChI=1S/C30H38O4/c1-29-16-14-22(31)18-21(29)9-10-23-24-11-12-26(30(24,2)17-15-25(23)29)27(32)19-34-28(33)13-8-20-6-4-3-5-7-20/h3-7,18,23-26H,8-17,19H2,1-2H3/t23-,24-,25-,26-,29+,30+/m1/s1. The van der Waals surface area contributed by atoms with Crippen LogP contribution in [0.4, 0.5) is 0 Å². The molecule has 0 bridgehead atoms. The largest absolute Gasteiger partial charge is 0.458 e. The number of rotatable bonds is 6. The van der Waals surface area contributed by atoms with Gasteiger partial charge >= 0.3 is 5.97 Å². The van der Waals surface area contributed by atoms with E-state index in [2.05, 4.69) is 13.8 Å². The van der Waals surface area contributed by atoms with Crippen molar-refractivity contribution >= 4 is 17.5 Å². The first kappa shape index (κ1) is 23.5. The fraction of sp³-hybridized carbons (Fsp3) is 0.633. The Kier molecular flexibility index (Phi) is 6.29. The van der Waals surface area contributed by atoms with Crippen LogP contribution in [0.5, 0.6) is 0 Å². The van der Waals surface area contributed by atoms with Crippen LogP contribution in [-0.2, 0) is 25.5 Å². The van der Waals surface area contributed by atoms with E-state index in [0.29, 0.717) is 42.8 Å². The molecule has 34 heavy (non-hydrogen) atoms. The average Bonchev–Trinajstić information content (AvgIpc) is 3.19. The lowest BCUT2D eigenvalue weighted by Gasteiger charge is -2.58. The Morgan fingerprint density at radius 2 is 1.76 bits per heavy atom. The first-order chi connectivity index (χ1) is 16.3. The fourth-order valence-electron chi connectivity index (χ4n) is 8.30. The number of fused-ring (bicyclic) bond motifs is 5. The number of benzene rings is 1. The van der Waals surface area contributed by atoms with Crippen molar-refractivity contribution in [3.63, 3.8) is 0 Å². The number of esters is 1. The van der Waals surface area contributed by atoms with Crippen LogP contribution < -0.4 is 0 Å². The molecule has 6 atom stereocenters. The lowest BCUT2D eigenvalue weighted by atomic mass is 9.46. The summed E-state index contributed by atoms with van der Waals surface area (Å²) in [5.41, 5.74) is 2.67. The smallest absolute Gasteiger partial charge is 0.306 e. The summed E-state index contributed by atoms with van der Waals surface area (Å²) < 4.78 is 5.44. The molecule has 5 rings (SSSR count). The molecule has 4 aliphatic carbocycles. The summed E-state index contributed by atoms with van der Waals surface area (Å²) in [4.78, 5) is 37.6. The van der Waals surface area contributed by atoms with E-state index in [9.17, 15) is 14.4 Å². The van der Waals surface area contributed by atoms with Gasteiger partial charge in [-0.15, -0.1) is 0 Å². The molecule has 3 fully saturated rings. The van der Waals surface area contributed by atoms with Gasteiger partial charge in [0, 0.05) is 18.8 Å². The zero-order chi connectivity index (χ0) is 23.9. The second kappa shape index (κ2) is 9.09. The molecule has 0 spiro atoms. The topological polar surface area (TPSA) is 60.4 Å². The third-order valence-electron chi connectivity index (χ3n) is 10.2. The van der Waals surface area contributed by atoms with Crippen LogP contribution in [-0.4, -0.2) is 24.1 Å². The molecular weight excluding hydrogens is 424 g/mol. The Labute approximate surface area is 203 Å². The number of hydrogen-bond donors (Lipinski definition) is 0. The summed E-state index contributed by atoms with van der Waals surface area (Å²) in [6, 6.07) is 9.90. The number of carbonyl (C=O) groups is 3. The Morgan fingerprint density at radius 3 is 2.56 bits per heavy atom. The van der Waals surface area contributed by atoms with Crippen LogP contribution in [0.15, 0.2) is 42.0 Å². The number of aryl methyl sites for hydroxylation is 1. The fourth-order valence-corrected chi connectivity index (χ4v) is 8.30. The Morgan fingerprint density at radius 1 is 0.971 bits per heavy atom. The summed E-state index contributed by atoms with van der Waals surface area (Å²) in [5.74, 6) is 1.96. The number of allylic oxidation sites excluding steroid dienone is 1. The molecular formula is C30H38O4. The van der Waals surface area contributed by atoms with Crippen molar-refractivity contribution in [3.05, 3.63) is 47.5 Å². The predicted molar refractivity (Wildman–Crippen MR) is 131 cm³/mol. The molecule has 4 nitrogen and oxygen atoms in total. The maximum Gasteiger partial charge on any atom is 0.306 e. The van der Waals surface area contributed by atoms with Crippen molar-refractivity contribution in [1.82, 2.24) is 0 Å². The van der Waals surface area contributed by atoms with Crippen molar-refractivity contribution in [3.8, 4) is 0 Å². The number of ketones is 2. The summed E-state index contributed by atoms with van der Waals surface area (Å²) in [6.45, 7) is 4.65. The predicted octanol–water partition coefficient (Wildman–Crippen LogP) is 5.88. The molecule has 3 saturated carbocycles. The van der Waals surface area contributed by atoms with Gasteiger partial charge in [-0.3, -0.25) is 14.4 Å². The van der Waals surface area contributed by atoms with Gasteiger partial charge in [0.25, 0.3) is 0 Å². The van der Waals surface area contributed by atoms with Crippen LogP contribution in [0.2, 0.25) is 0 Å². The summed E-state index contributed by atoms with van der Waals surface area (Å²) in [5, 5.41) is 0. The highest BCUT2D eigenvalue weighted by Gasteiger charge is 2.60. The van der Waals surface area contributed by atoms with Gasteiger partial charge in [-0.2, -0.15) is 0 Å². The molecule has 0 aliphatic heterocycles. The Hall–Kier alpha value is -2.23. The molecule has 0 amide bonds. The van der Waals surface area contributed by atoms with Gasteiger partial charge in [0.05, 0.1) is 0 Å². The number of hydrogen-bond acceptors (Lipinski definition) is 4. The molecule has 4 aliphatic rings. The van der Waals surface area contributed by atoms with Gasteiger partial charge in [0.1, 0.15) is 6.61 Å². The first-order valence-corrected chi connectivity index (χ1v) is 13.3. The van der Waals surface area contributed by atoms with Crippen molar-refractivity contribution in [2.24, 2.45) is 34.5 Å². The van der Waals surface area contributed by atoms with E-state index in [-0.39, 0.29) is 35.1 Å². The quantitative estimate of drug-likeness (QED) is 0.495. The van der Waals surface area contributed by atoms with Crippen LogP contribution >= 0.6 is 0 Å². The highest BCUT2D eigenvalue weighted by molar-refractivity contribution is 5.91. The van der Waals surface area contributed by atoms with E-state index >= 15 is 0 Å². The Bertz CT molecular complexity index is 994. The summed E-state index contributed by atoms with van der Waals surface area (Å²) in [6.07, 6.45) is 11.0. The van der Waals surface area contributed by atoms with Gasteiger partial charge in [-0.05, 0) is 91.6 Å². The first-order valence-electron chi connectivity index (χ1n) is 13.3. The molecule has 182 valence electrons. The maximum absolute atomic E-state index is 13.2. The molecule has 0 unspecified atom stereocenters. The van der Waals surface area contributed by atoms with E-state index in [1.807, 2.05) is 36.4 Å². The second-order valence-electron chi connectivity index (χ2n) is 11.8. The number of carbonyl (C=O) groups excluding carboxylic acids is 3. The monoisotopic (exact) mass is 462 g/mol. The second-order valence-corrected chi connectivity index (χ2v) is 11.8. The SMILES string of the molecule is C[C@]12CC[C@@H]3[C@H](CCC4=CC(=O)CC[C@@]43C)[C@H]1CC[C@@H]2C(=O)COC(=O)CCc1ccccc1. The summed E-state index contributed by atoms with van der Waals surface area (Å²) in [7, 11) is 0. The van der Waals surface area contributed by atoms with E-state index < -0.39 is 0 Å². The minimum absolute atomic E-state index is 0.00180. The third kappa shape index (κ3) is 4.07. The van der Waals surface area contributed by atoms with Gasteiger partial charge in [0.15, 0.2) is 11.6 Å². The Balaban J connectivity index is 1.20. The normalized spacial score (nSPS) is 36.6. The van der Waals surface area contributed by atoms with Gasteiger partial charge in [-0.1, -0.05) is 49.8 Å². The molecule has 1 aromatic rings. The lowest BCUT2D eigenvalue weighted by Crippen LogP contribution is -2.51. The number of Topliss-reactive ketones (excluding diaryl/α,β-unsaturated/α-hetero) is 1. The third-order valence-corrected chi connectivity index (χ3v) is 10.2.